The number of hydrogen-bond donors (Lipinski definition) is 1. The van der Waals surface area contributed by atoms with Crippen LogP contribution in [-0.4, -0.2) is 35.5 Å². The molecule has 2 aromatic carbocycles. The Morgan fingerprint density at radius 1 is 1.19 bits per heavy atom. The predicted molar refractivity (Wildman–Crippen MR) is 103 cm³/mol. The Morgan fingerprint density at radius 3 is 2.54 bits per heavy atom. The fourth-order valence-corrected chi connectivity index (χ4v) is 3.22. The molecule has 6 nitrogen and oxygen atoms in total. The smallest absolute Gasteiger partial charge is 0.266 e. The molecule has 3 rings (SSSR count). The molecule has 0 bridgehead atoms. The van der Waals surface area contributed by atoms with Gasteiger partial charge in [0.2, 0.25) is 0 Å². The summed E-state index contributed by atoms with van der Waals surface area (Å²) in [6.45, 7) is -0.168. The quantitative estimate of drug-likeness (QED) is 0.824. The van der Waals surface area contributed by atoms with Gasteiger partial charge in [-0.25, -0.2) is 4.99 Å². The highest BCUT2D eigenvalue weighted by atomic mass is 32.2. The van der Waals surface area contributed by atoms with Crippen LogP contribution in [0.1, 0.15) is 5.56 Å². The summed E-state index contributed by atoms with van der Waals surface area (Å²) in [7, 11) is 1.71. The second-order valence-corrected chi connectivity index (χ2v) is 6.54. The zero-order valence-corrected chi connectivity index (χ0v) is 14.9. The number of primary amides is 1. The van der Waals surface area contributed by atoms with Gasteiger partial charge in [-0.3, -0.25) is 14.5 Å². The van der Waals surface area contributed by atoms with Crippen molar-refractivity contribution in [3.63, 3.8) is 0 Å². The van der Waals surface area contributed by atoms with Crippen LogP contribution in [0.4, 0.5) is 5.69 Å². The molecule has 0 aliphatic carbocycles. The lowest BCUT2D eigenvalue weighted by molar-refractivity contribution is -0.121. The van der Waals surface area contributed by atoms with Crippen LogP contribution in [0.25, 0.3) is 6.08 Å². The van der Waals surface area contributed by atoms with Crippen molar-refractivity contribution in [2.75, 3.05) is 13.7 Å². The second kappa shape index (κ2) is 7.88. The second-order valence-electron chi connectivity index (χ2n) is 5.53. The molecule has 0 spiro atoms. The zero-order chi connectivity index (χ0) is 18.5. The van der Waals surface area contributed by atoms with Crippen molar-refractivity contribution >= 4 is 40.5 Å². The number of nitrogens with zero attached hydrogens (tertiary/aromatic N) is 2. The molecule has 0 radical (unpaired) electrons. The fourth-order valence-electron chi connectivity index (χ4n) is 2.23. The molecule has 2 aromatic rings. The topological polar surface area (TPSA) is 85.0 Å². The first-order valence-electron chi connectivity index (χ1n) is 7.85. The van der Waals surface area contributed by atoms with Crippen molar-refractivity contribution in [3.8, 4) is 5.75 Å². The lowest BCUT2D eigenvalue weighted by atomic mass is 10.2. The molecule has 1 heterocycles. The highest BCUT2D eigenvalue weighted by molar-refractivity contribution is 8.18. The summed E-state index contributed by atoms with van der Waals surface area (Å²) in [5.74, 6) is -0.0871. The molecule has 2 amide bonds. The van der Waals surface area contributed by atoms with Gasteiger partial charge in [0, 0.05) is 7.05 Å². The maximum absolute atomic E-state index is 12.4. The van der Waals surface area contributed by atoms with Gasteiger partial charge in [0.15, 0.2) is 11.8 Å². The van der Waals surface area contributed by atoms with Gasteiger partial charge in [-0.05, 0) is 47.7 Å². The highest BCUT2D eigenvalue weighted by Crippen LogP contribution is 2.33. The van der Waals surface area contributed by atoms with Crippen molar-refractivity contribution in [1.29, 1.82) is 0 Å². The number of nitrogens with two attached hydrogens (primary N) is 1. The number of amidine groups is 1. The predicted octanol–water partition coefficient (Wildman–Crippen LogP) is 2.78. The van der Waals surface area contributed by atoms with Gasteiger partial charge in [-0.2, -0.15) is 0 Å². The van der Waals surface area contributed by atoms with E-state index in [2.05, 4.69) is 4.99 Å². The third-order valence-electron chi connectivity index (χ3n) is 3.54. The molecule has 1 fully saturated rings. The average molecular weight is 367 g/mol. The number of carbonyl (C=O) groups excluding carboxylic acids is 2. The largest absolute Gasteiger partial charge is 0.484 e. The van der Waals surface area contributed by atoms with Gasteiger partial charge in [-0.15, -0.1) is 0 Å². The highest BCUT2D eigenvalue weighted by Gasteiger charge is 2.30. The van der Waals surface area contributed by atoms with E-state index in [1.165, 1.54) is 16.7 Å². The van der Waals surface area contributed by atoms with Crippen LogP contribution in [0.5, 0.6) is 5.75 Å². The van der Waals surface area contributed by atoms with Crippen molar-refractivity contribution < 1.29 is 14.3 Å². The van der Waals surface area contributed by atoms with Gasteiger partial charge in [-0.1, -0.05) is 30.3 Å². The summed E-state index contributed by atoms with van der Waals surface area (Å²) < 4.78 is 5.22. The van der Waals surface area contributed by atoms with Crippen molar-refractivity contribution in [2.24, 2.45) is 10.7 Å². The molecular weight excluding hydrogens is 350 g/mol. The number of thioether (sulfide) groups is 1. The number of rotatable bonds is 5. The first kappa shape index (κ1) is 17.8. The summed E-state index contributed by atoms with van der Waals surface area (Å²) in [5, 5.41) is 0.633. The Kier molecular flexibility index (Phi) is 5.38. The van der Waals surface area contributed by atoms with E-state index >= 15 is 0 Å². The first-order valence-corrected chi connectivity index (χ1v) is 8.67. The summed E-state index contributed by atoms with van der Waals surface area (Å²) in [6.07, 6.45) is 1.80. The number of hydrogen-bond acceptors (Lipinski definition) is 5. The maximum atomic E-state index is 12.4. The van der Waals surface area contributed by atoms with Crippen LogP contribution in [0.15, 0.2) is 64.5 Å². The van der Waals surface area contributed by atoms with Crippen LogP contribution in [0, 0.1) is 0 Å². The van der Waals surface area contributed by atoms with Crippen LogP contribution in [0.3, 0.4) is 0 Å². The first-order chi connectivity index (χ1) is 12.5. The van der Waals surface area contributed by atoms with E-state index in [4.69, 9.17) is 10.5 Å². The maximum Gasteiger partial charge on any atom is 0.266 e. The average Bonchev–Trinajstić information content (AvgIpc) is 2.90. The number of benzene rings is 2. The zero-order valence-electron chi connectivity index (χ0n) is 14.1. The minimum atomic E-state index is -0.530. The van der Waals surface area contributed by atoms with Gasteiger partial charge >= 0.3 is 0 Å². The number of aliphatic imine (C=N–C) groups is 1. The molecule has 1 aliphatic rings. The number of ether oxygens (including phenoxy) is 1. The normalized spacial score (nSPS) is 17.1. The number of amides is 2. The molecule has 0 unspecified atom stereocenters. The molecule has 7 heteroatoms. The van der Waals surface area contributed by atoms with E-state index < -0.39 is 5.91 Å². The molecule has 1 aliphatic heterocycles. The fraction of sp³-hybridized carbons (Fsp3) is 0.105. The molecular formula is C19H17N3O3S. The summed E-state index contributed by atoms with van der Waals surface area (Å²) in [6, 6.07) is 16.6. The summed E-state index contributed by atoms with van der Waals surface area (Å²) in [5.41, 5.74) is 6.69. The summed E-state index contributed by atoms with van der Waals surface area (Å²) >= 11 is 1.33. The molecule has 0 atom stereocenters. The number of carbonyl (C=O) groups is 2. The van der Waals surface area contributed by atoms with Gasteiger partial charge in [0.1, 0.15) is 5.75 Å². The van der Waals surface area contributed by atoms with Crippen molar-refractivity contribution in [3.05, 3.63) is 65.1 Å². The van der Waals surface area contributed by atoms with Gasteiger partial charge < -0.3 is 10.5 Å². The van der Waals surface area contributed by atoms with Crippen LogP contribution in [-0.2, 0) is 9.59 Å². The lowest BCUT2D eigenvalue weighted by Crippen LogP contribution is -2.23. The minimum absolute atomic E-state index is 0.0984. The van der Waals surface area contributed by atoms with E-state index in [0.717, 1.165) is 11.3 Å². The third kappa shape index (κ3) is 4.31. The van der Waals surface area contributed by atoms with Crippen LogP contribution in [0.2, 0.25) is 0 Å². The van der Waals surface area contributed by atoms with E-state index in [9.17, 15) is 9.59 Å². The standard InChI is InChI=1S/C19H17N3O3S/c1-22-18(24)16(26-19(22)21-14-5-3-2-4-6-14)11-13-7-9-15(10-8-13)25-12-17(20)23/h2-11H,12H2,1H3,(H2,20,23)/b16-11+,21-19?. The third-order valence-corrected chi connectivity index (χ3v) is 4.60. The molecule has 2 N–H and O–H groups in total. The van der Waals surface area contributed by atoms with E-state index in [0.29, 0.717) is 15.8 Å². The Balaban J connectivity index is 1.75. The summed E-state index contributed by atoms with van der Waals surface area (Å²) in [4.78, 5) is 29.8. The van der Waals surface area contributed by atoms with Crippen LogP contribution < -0.4 is 10.5 Å². The Hall–Kier alpha value is -3.06. The Morgan fingerprint density at radius 2 is 1.88 bits per heavy atom. The lowest BCUT2D eigenvalue weighted by Gasteiger charge is -2.06. The van der Waals surface area contributed by atoms with E-state index in [1.807, 2.05) is 42.5 Å². The monoisotopic (exact) mass is 367 g/mol. The molecule has 1 saturated heterocycles. The molecule has 132 valence electrons. The van der Waals surface area contributed by atoms with Crippen molar-refractivity contribution in [1.82, 2.24) is 4.90 Å². The SMILES string of the molecule is CN1C(=O)/C(=C\c2ccc(OCC(N)=O)cc2)SC1=Nc1ccccc1. The molecule has 0 aromatic heterocycles. The van der Waals surface area contributed by atoms with E-state index in [1.54, 1.807) is 25.3 Å². The van der Waals surface area contributed by atoms with Gasteiger partial charge in [0.25, 0.3) is 11.8 Å². The Bertz CT molecular complexity index is 877. The Labute approximate surface area is 155 Å². The van der Waals surface area contributed by atoms with Gasteiger partial charge in [0.05, 0.1) is 10.6 Å². The van der Waals surface area contributed by atoms with E-state index in [-0.39, 0.29) is 12.5 Å². The molecule has 26 heavy (non-hydrogen) atoms. The number of para-hydroxylation sites is 1. The van der Waals surface area contributed by atoms with Crippen LogP contribution >= 0.6 is 11.8 Å². The minimum Gasteiger partial charge on any atom is -0.484 e. The van der Waals surface area contributed by atoms with Crippen molar-refractivity contribution in [2.45, 2.75) is 0 Å². The number of likely N-dealkylation sites (N-methyl/N-ethyl adjacent to an activating group) is 1. The molecule has 0 saturated carbocycles.